The Kier molecular flexibility index (Phi) is 5.28. The molecule has 0 spiro atoms. The average molecular weight is 406 g/mol. The lowest BCUT2D eigenvalue weighted by atomic mass is 10.1. The van der Waals surface area contributed by atoms with E-state index in [4.69, 9.17) is 0 Å². The summed E-state index contributed by atoms with van der Waals surface area (Å²) in [6.45, 7) is 2.61. The van der Waals surface area contributed by atoms with Crippen LogP contribution in [-0.4, -0.2) is 25.5 Å². The zero-order valence-corrected chi connectivity index (χ0v) is 15.1. The van der Waals surface area contributed by atoms with Crippen molar-refractivity contribution >= 4 is 27.5 Å². The van der Waals surface area contributed by atoms with Gasteiger partial charge < -0.3 is 5.32 Å². The Morgan fingerprint density at radius 2 is 2.00 bits per heavy atom. The van der Waals surface area contributed by atoms with Crippen molar-refractivity contribution in [1.29, 1.82) is 0 Å². The molecule has 3 rings (SSSR count). The Labute approximate surface area is 152 Å². The highest BCUT2D eigenvalue weighted by Crippen LogP contribution is 2.13. The van der Waals surface area contributed by atoms with Crippen molar-refractivity contribution in [1.82, 2.24) is 19.6 Å². The molecule has 25 heavy (non-hydrogen) atoms. The van der Waals surface area contributed by atoms with Crippen molar-refractivity contribution in [3.63, 3.8) is 0 Å². The van der Waals surface area contributed by atoms with E-state index in [2.05, 4.69) is 31.4 Å². The third-order valence-corrected chi connectivity index (χ3v) is 4.11. The number of nitrogens with one attached hydrogen (secondary N) is 1. The molecular formula is C17H17BrFN5O. The summed E-state index contributed by atoms with van der Waals surface area (Å²) in [7, 11) is 0. The van der Waals surface area contributed by atoms with E-state index in [-0.39, 0.29) is 17.6 Å². The smallest absolute Gasteiger partial charge is 0.229 e. The molecule has 3 aromatic rings. The maximum atomic E-state index is 13.7. The topological polar surface area (TPSA) is 64.7 Å². The fourth-order valence-electron chi connectivity index (χ4n) is 2.38. The first kappa shape index (κ1) is 17.3. The number of rotatable bonds is 6. The molecule has 0 saturated heterocycles. The molecule has 6 nitrogen and oxygen atoms in total. The molecule has 1 amide bonds. The van der Waals surface area contributed by atoms with Gasteiger partial charge in [-0.3, -0.25) is 14.2 Å². The number of halogens is 2. The van der Waals surface area contributed by atoms with Crippen LogP contribution in [0.2, 0.25) is 0 Å². The molecule has 1 unspecified atom stereocenters. The van der Waals surface area contributed by atoms with Crippen molar-refractivity contribution < 1.29 is 9.18 Å². The van der Waals surface area contributed by atoms with Gasteiger partial charge in [-0.05, 0) is 22.0 Å². The molecular weight excluding hydrogens is 389 g/mol. The Balaban J connectivity index is 1.59. The molecule has 130 valence electrons. The number of carbonyl (C=O) groups is 1. The van der Waals surface area contributed by atoms with Crippen molar-refractivity contribution in [2.45, 2.75) is 20.0 Å². The summed E-state index contributed by atoms with van der Waals surface area (Å²) < 4.78 is 17.8. The van der Waals surface area contributed by atoms with Crippen LogP contribution in [0.1, 0.15) is 12.5 Å². The van der Waals surface area contributed by atoms with E-state index in [9.17, 15) is 9.18 Å². The normalized spacial score (nSPS) is 12.1. The minimum absolute atomic E-state index is 0.128. The lowest BCUT2D eigenvalue weighted by Gasteiger charge is -2.11. The predicted octanol–water partition coefficient (Wildman–Crippen LogP) is 3.30. The van der Waals surface area contributed by atoms with E-state index in [0.29, 0.717) is 24.3 Å². The van der Waals surface area contributed by atoms with Gasteiger partial charge in [0.05, 0.1) is 41.6 Å². The predicted molar refractivity (Wildman–Crippen MR) is 95.4 cm³/mol. The van der Waals surface area contributed by atoms with Crippen molar-refractivity contribution in [3.05, 3.63) is 64.9 Å². The van der Waals surface area contributed by atoms with Gasteiger partial charge >= 0.3 is 0 Å². The number of aromatic nitrogens is 4. The molecule has 0 saturated carbocycles. The van der Waals surface area contributed by atoms with Crippen LogP contribution in [0.4, 0.5) is 10.1 Å². The molecule has 0 aliphatic rings. The third-order valence-electron chi connectivity index (χ3n) is 3.70. The monoisotopic (exact) mass is 405 g/mol. The van der Waals surface area contributed by atoms with Crippen LogP contribution < -0.4 is 5.32 Å². The van der Waals surface area contributed by atoms with Crippen molar-refractivity contribution in [2.24, 2.45) is 5.92 Å². The maximum absolute atomic E-state index is 13.7. The van der Waals surface area contributed by atoms with Crippen LogP contribution in [-0.2, 0) is 17.9 Å². The number of nitrogens with zero attached hydrogens (tertiary/aromatic N) is 4. The van der Waals surface area contributed by atoms with E-state index in [1.807, 2.05) is 13.1 Å². The van der Waals surface area contributed by atoms with Gasteiger partial charge in [-0.25, -0.2) is 4.39 Å². The lowest BCUT2D eigenvalue weighted by molar-refractivity contribution is -0.119. The van der Waals surface area contributed by atoms with Crippen molar-refractivity contribution in [3.8, 4) is 0 Å². The summed E-state index contributed by atoms with van der Waals surface area (Å²) in [5.41, 5.74) is 1.12. The summed E-state index contributed by atoms with van der Waals surface area (Å²) in [5.74, 6) is -0.665. The Hall–Kier alpha value is -2.48. The number of carbonyl (C=O) groups excluding carboxylic acids is 1. The highest BCUT2D eigenvalue weighted by molar-refractivity contribution is 9.10. The van der Waals surface area contributed by atoms with E-state index < -0.39 is 0 Å². The molecule has 0 radical (unpaired) electrons. The van der Waals surface area contributed by atoms with Crippen LogP contribution in [0.25, 0.3) is 0 Å². The number of amides is 1. The molecule has 1 aromatic carbocycles. The summed E-state index contributed by atoms with van der Waals surface area (Å²) >= 11 is 3.33. The zero-order valence-electron chi connectivity index (χ0n) is 13.6. The van der Waals surface area contributed by atoms with Crippen LogP contribution in [0.3, 0.4) is 0 Å². The van der Waals surface area contributed by atoms with Gasteiger partial charge in [0, 0.05) is 18.0 Å². The second kappa shape index (κ2) is 7.60. The third kappa shape index (κ3) is 4.54. The van der Waals surface area contributed by atoms with E-state index >= 15 is 0 Å². The average Bonchev–Trinajstić information content (AvgIpc) is 3.18. The zero-order chi connectivity index (χ0) is 17.8. The molecule has 1 N–H and O–H groups in total. The summed E-state index contributed by atoms with van der Waals surface area (Å²) in [5, 5.41) is 11.1. The highest BCUT2D eigenvalue weighted by atomic mass is 79.9. The number of anilines is 1. The summed E-state index contributed by atoms with van der Waals surface area (Å²) in [6, 6.07) is 6.55. The molecule has 0 aliphatic heterocycles. The Morgan fingerprint density at radius 1 is 1.24 bits per heavy atom. The second-order valence-corrected chi connectivity index (χ2v) is 6.70. The Bertz CT molecular complexity index is 875. The van der Waals surface area contributed by atoms with Crippen LogP contribution in [0.15, 0.2) is 53.5 Å². The first-order valence-electron chi connectivity index (χ1n) is 7.76. The Morgan fingerprint density at radius 3 is 2.72 bits per heavy atom. The first-order chi connectivity index (χ1) is 12.0. The van der Waals surface area contributed by atoms with E-state index in [0.717, 1.165) is 4.47 Å². The summed E-state index contributed by atoms with van der Waals surface area (Å²) in [4.78, 5) is 12.3. The molecule has 2 heterocycles. The molecule has 0 aliphatic carbocycles. The largest absolute Gasteiger partial charge is 0.323 e. The van der Waals surface area contributed by atoms with Gasteiger partial charge in [-0.2, -0.15) is 10.2 Å². The summed E-state index contributed by atoms with van der Waals surface area (Å²) in [6.07, 6.45) is 6.73. The second-order valence-electron chi connectivity index (χ2n) is 5.79. The maximum Gasteiger partial charge on any atom is 0.229 e. The fraction of sp³-hybridized carbons (Fsp3) is 0.235. The lowest BCUT2D eigenvalue weighted by Crippen LogP contribution is -2.24. The minimum atomic E-state index is -0.275. The van der Waals surface area contributed by atoms with Crippen LogP contribution in [0.5, 0.6) is 0 Å². The highest BCUT2D eigenvalue weighted by Gasteiger charge is 2.15. The first-order valence-corrected chi connectivity index (χ1v) is 8.55. The quantitative estimate of drug-likeness (QED) is 0.683. The standard InChI is InChI=1S/C17H17BrFN5O/c1-12(8-23-10-14(18)6-20-23)17(25)22-15-7-21-24(11-15)9-13-4-2-3-5-16(13)19/h2-7,10-12H,8-9H2,1H3,(H,22,25). The van der Waals surface area contributed by atoms with Gasteiger partial charge in [0.1, 0.15) is 5.82 Å². The number of hydrogen-bond acceptors (Lipinski definition) is 3. The molecule has 1 atom stereocenters. The van der Waals surface area contributed by atoms with Crippen molar-refractivity contribution in [2.75, 3.05) is 5.32 Å². The number of hydrogen-bond donors (Lipinski definition) is 1. The van der Waals surface area contributed by atoms with Crippen LogP contribution >= 0.6 is 15.9 Å². The van der Waals surface area contributed by atoms with Gasteiger partial charge in [0.15, 0.2) is 0 Å². The number of benzene rings is 1. The van der Waals surface area contributed by atoms with E-state index in [1.54, 1.807) is 46.2 Å². The molecule has 8 heteroatoms. The van der Waals surface area contributed by atoms with E-state index in [1.165, 1.54) is 6.07 Å². The molecule has 2 aromatic heterocycles. The minimum Gasteiger partial charge on any atom is -0.323 e. The van der Waals surface area contributed by atoms with Crippen LogP contribution in [0, 0.1) is 11.7 Å². The molecule has 0 bridgehead atoms. The van der Waals surface area contributed by atoms with Gasteiger partial charge in [0.25, 0.3) is 0 Å². The van der Waals surface area contributed by atoms with Gasteiger partial charge in [-0.1, -0.05) is 25.1 Å². The van der Waals surface area contributed by atoms with Gasteiger partial charge in [0.2, 0.25) is 5.91 Å². The van der Waals surface area contributed by atoms with Gasteiger partial charge in [-0.15, -0.1) is 0 Å². The fourth-order valence-corrected chi connectivity index (χ4v) is 2.71. The SMILES string of the molecule is CC(Cn1cc(Br)cn1)C(=O)Nc1cnn(Cc2ccccc2F)c1. The molecule has 0 fully saturated rings.